The van der Waals surface area contributed by atoms with E-state index in [1.165, 1.54) is 0 Å². The number of hydrazine groups is 1. The molecule has 32 heavy (non-hydrogen) atoms. The molecule has 4 heteroatoms. The number of hydrogen-bond donors (Lipinski definition) is 2. The van der Waals surface area contributed by atoms with Crippen LogP contribution in [0.2, 0.25) is 0 Å². The lowest BCUT2D eigenvalue weighted by molar-refractivity contribution is -0.120. The highest BCUT2D eigenvalue weighted by molar-refractivity contribution is 5.93. The van der Waals surface area contributed by atoms with Crippen LogP contribution in [-0.4, -0.2) is 17.3 Å². The van der Waals surface area contributed by atoms with Gasteiger partial charge in [-0.1, -0.05) is 69.0 Å². The van der Waals surface area contributed by atoms with Gasteiger partial charge in [-0.05, 0) is 48.8 Å². The van der Waals surface area contributed by atoms with E-state index in [1.54, 1.807) is 5.01 Å². The fraction of sp³-hybridized carbons (Fsp3) is 0.357. The van der Waals surface area contributed by atoms with Crippen molar-refractivity contribution >= 4 is 17.2 Å². The molecule has 1 aliphatic rings. The summed E-state index contributed by atoms with van der Waals surface area (Å²) in [5.41, 5.74) is 16.4. The number of nitrogens with two attached hydrogens (primary N) is 2. The largest absolute Gasteiger partial charge is 0.396 e. The fourth-order valence-electron chi connectivity index (χ4n) is 4.56. The Bertz CT molecular complexity index is 1060. The molecule has 0 saturated carbocycles. The lowest BCUT2D eigenvalue weighted by atomic mass is 9.83. The minimum Gasteiger partial charge on any atom is -0.396 e. The van der Waals surface area contributed by atoms with Crippen LogP contribution in [0.25, 0.3) is 11.4 Å². The van der Waals surface area contributed by atoms with Crippen LogP contribution in [0.15, 0.2) is 66.4 Å². The van der Waals surface area contributed by atoms with Crippen molar-refractivity contribution in [2.75, 3.05) is 6.54 Å². The lowest BCUT2D eigenvalue weighted by Crippen LogP contribution is -2.31. The molecular formula is C28H35N3O. The molecule has 0 radical (unpaired) electrons. The maximum absolute atomic E-state index is 13.6. The number of ketones is 1. The second-order valence-corrected chi connectivity index (χ2v) is 8.71. The van der Waals surface area contributed by atoms with E-state index in [2.05, 4.69) is 38.3 Å². The van der Waals surface area contributed by atoms with Gasteiger partial charge in [-0.25, -0.2) is 5.84 Å². The minimum atomic E-state index is -0.219. The Balaban J connectivity index is 2.12. The predicted octanol–water partition coefficient (Wildman–Crippen LogP) is 5.41. The van der Waals surface area contributed by atoms with Crippen LogP contribution in [0.5, 0.6) is 0 Å². The molecule has 0 bridgehead atoms. The van der Waals surface area contributed by atoms with Crippen LogP contribution in [-0.2, 0) is 11.2 Å². The molecule has 0 fully saturated rings. The summed E-state index contributed by atoms with van der Waals surface area (Å²) in [7, 11) is 0. The highest BCUT2D eigenvalue weighted by atomic mass is 16.1. The van der Waals surface area contributed by atoms with Crippen molar-refractivity contribution in [1.82, 2.24) is 5.01 Å². The van der Waals surface area contributed by atoms with Gasteiger partial charge in [0.25, 0.3) is 0 Å². The Hall–Kier alpha value is -3.07. The topological polar surface area (TPSA) is 72.4 Å². The maximum atomic E-state index is 13.6. The molecule has 2 aromatic carbocycles. The Morgan fingerprint density at radius 3 is 2.44 bits per heavy atom. The minimum absolute atomic E-state index is 0.219. The first-order chi connectivity index (χ1) is 15.4. The van der Waals surface area contributed by atoms with Crippen LogP contribution in [0.3, 0.4) is 0 Å². The molecule has 1 aliphatic carbocycles. The van der Waals surface area contributed by atoms with Crippen LogP contribution < -0.4 is 11.6 Å². The van der Waals surface area contributed by atoms with E-state index < -0.39 is 0 Å². The van der Waals surface area contributed by atoms with Gasteiger partial charge in [-0.15, -0.1) is 5.73 Å². The lowest BCUT2D eigenvalue weighted by Gasteiger charge is -2.26. The molecule has 0 heterocycles. The van der Waals surface area contributed by atoms with Crippen LogP contribution in [0.1, 0.15) is 68.2 Å². The molecule has 168 valence electrons. The molecule has 4 nitrogen and oxygen atoms in total. The van der Waals surface area contributed by atoms with Gasteiger partial charge in [0.15, 0.2) is 0 Å². The molecule has 0 spiro atoms. The van der Waals surface area contributed by atoms with E-state index in [-0.39, 0.29) is 11.7 Å². The number of fused-ring (bicyclic) bond motifs is 2. The van der Waals surface area contributed by atoms with Crippen molar-refractivity contribution < 1.29 is 4.79 Å². The monoisotopic (exact) mass is 429 g/mol. The summed E-state index contributed by atoms with van der Waals surface area (Å²) < 4.78 is 0. The van der Waals surface area contributed by atoms with Gasteiger partial charge < -0.3 is 10.7 Å². The third-order valence-electron chi connectivity index (χ3n) is 6.44. The zero-order valence-corrected chi connectivity index (χ0v) is 19.5. The molecular weight excluding hydrogens is 394 g/mol. The molecule has 1 unspecified atom stereocenters. The second-order valence-electron chi connectivity index (χ2n) is 8.71. The van der Waals surface area contributed by atoms with E-state index in [0.717, 1.165) is 46.4 Å². The third kappa shape index (κ3) is 4.88. The van der Waals surface area contributed by atoms with Gasteiger partial charge in [0.05, 0.1) is 11.4 Å². The Morgan fingerprint density at radius 1 is 1.12 bits per heavy atom. The molecule has 2 aromatic rings. The van der Waals surface area contributed by atoms with Gasteiger partial charge in [0.2, 0.25) is 0 Å². The summed E-state index contributed by atoms with van der Waals surface area (Å²) in [6, 6.07) is 16.2. The number of carbonyl (C=O) groups is 1. The van der Waals surface area contributed by atoms with Crippen LogP contribution in [0, 0.1) is 5.92 Å². The van der Waals surface area contributed by atoms with Gasteiger partial charge in [0.1, 0.15) is 5.78 Å². The van der Waals surface area contributed by atoms with Crippen molar-refractivity contribution in [2.45, 2.75) is 52.4 Å². The molecule has 0 aromatic heterocycles. The van der Waals surface area contributed by atoms with E-state index in [9.17, 15) is 4.79 Å². The average molecular weight is 430 g/mol. The number of allylic oxidation sites excluding steroid dienone is 1. The van der Waals surface area contributed by atoms with Gasteiger partial charge in [-0.2, -0.15) is 0 Å². The van der Waals surface area contributed by atoms with Crippen molar-refractivity contribution in [2.24, 2.45) is 17.5 Å². The predicted molar refractivity (Wildman–Crippen MR) is 133 cm³/mol. The summed E-state index contributed by atoms with van der Waals surface area (Å²) in [5, 5.41) is 1.69. The zero-order chi connectivity index (χ0) is 23.3. The highest BCUT2D eigenvalue weighted by Gasteiger charge is 2.28. The van der Waals surface area contributed by atoms with Gasteiger partial charge >= 0.3 is 0 Å². The number of rotatable bonds is 7. The first kappa shape index (κ1) is 23.6. The number of aryl methyl sites for hydroxylation is 1. The number of Topliss-reactive ketones (excluding diaryl/α,β-unsaturated/α-hetero) is 1. The van der Waals surface area contributed by atoms with Crippen molar-refractivity contribution in [3.05, 3.63) is 88.7 Å². The molecule has 0 aliphatic heterocycles. The maximum Gasteiger partial charge on any atom is 0.140 e. The van der Waals surface area contributed by atoms with E-state index in [4.69, 9.17) is 11.6 Å². The quantitative estimate of drug-likeness (QED) is 0.350. The summed E-state index contributed by atoms with van der Waals surface area (Å²) >= 11 is 0. The van der Waals surface area contributed by atoms with Crippen molar-refractivity contribution in [3.8, 4) is 0 Å². The average Bonchev–Trinajstić information content (AvgIpc) is 2.84. The normalized spacial score (nSPS) is 18.0. The SMILES string of the molecule is C=C=C(CCC(=O)C1CCc2ccccc2/C(N)=C(/N(N)CC)c2ccccc21)C(C)C. The first-order valence-electron chi connectivity index (χ1n) is 11.5. The second kappa shape index (κ2) is 10.5. The van der Waals surface area contributed by atoms with Crippen molar-refractivity contribution in [3.63, 3.8) is 0 Å². The molecule has 0 amide bonds. The smallest absolute Gasteiger partial charge is 0.140 e. The summed E-state index contributed by atoms with van der Waals surface area (Å²) in [6.07, 6.45) is 2.68. The van der Waals surface area contributed by atoms with E-state index in [1.807, 2.05) is 43.3 Å². The number of benzene rings is 2. The van der Waals surface area contributed by atoms with E-state index >= 15 is 0 Å². The standard InChI is InChI=1S/C28H35N3O/c1-5-20(19(3)4)16-18-26(32)24-17-15-21-11-7-8-12-22(21)27(29)28(31(30)6-2)25-14-10-9-13-23(24)25/h7-14,19,24H,1,6,15-18,29-30H2,2-4H3/b28-27-. The summed E-state index contributed by atoms with van der Waals surface area (Å²) in [6.45, 7) is 10.6. The van der Waals surface area contributed by atoms with E-state index in [0.29, 0.717) is 31.0 Å². The van der Waals surface area contributed by atoms with Crippen LogP contribution in [0.4, 0.5) is 0 Å². The Kier molecular flexibility index (Phi) is 7.74. The molecule has 1 atom stereocenters. The first-order valence-corrected chi connectivity index (χ1v) is 11.5. The number of hydrogen-bond acceptors (Lipinski definition) is 4. The number of nitrogens with zero attached hydrogens (tertiary/aromatic N) is 1. The molecule has 0 saturated heterocycles. The fourth-order valence-corrected chi connectivity index (χ4v) is 4.56. The summed E-state index contributed by atoms with van der Waals surface area (Å²) in [4.78, 5) is 13.6. The molecule has 3 rings (SSSR count). The molecule has 4 N–H and O–H groups in total. The Labute approximate surface area is 192 Å². The number of carbonyl (C=O) groups excluding carboxylic acids is 1. The zero-order valence-electron chi connectivity index (χ0n) is 19.5. The van der Waals surface area contributed by atoms with Crippen LogP contribution >= 0.6 is 0 Å². The summed E-state index contributed by atoms with van der Waals surface area (Å²) in [5.74, 6) is 6.80. The highest BCUT2D eigenvalue weighted by Crippen LogP contribution is 2.37. The Morgan fingerprint density at radius 2 is 1.78 bits per heavy atom. The van der Waals surface area contributed by atoms with Gasteiger partial charge in [0, 0.05) is 30.0 Å². The van der Waals surface area contributed by atoms with Crippen molar-refractivity contribution in [1.29, 1.82) is 0 Å². The van der Waals surface area contributed by atoms with Gasteiger partial charge in [-0.3, -0.25) is 4.79 Å². The third-order valence-corrected chi connectivity index (χ3v) is 6.44.